The van der Waals surface area contributed by atoms with Crippen LogP contribution in [0.4, 0.5) is 5.69 Å². The van der Waals surface area contributed by atoms with Gasteiger partial charge in [-0.3, -0.25) is 4.79 Å². The number of carbonyl (C=O) groups excluding carboxylic acids is 2. The molecule has 0 aliphatic carbocycles. The Labute approximate surface area is 185 Å². The third kappa shape index (κ3) is 4.39. The van der Waals surface area contributed by atoms with E-state index < -0.39 is 5.97 Å². The second-order valence-electron chi connectivity index (χ2n) is 7.24. The van der Waals surface area contributed by atoms with Gasteiger partial charge in [0.2, 0.25) is 11.8 Å². The van der Waals surface area contributed by atoms with E-state index in [1.807, 2.05) is 41.8 Å². The second kappa shape index (κ2) is 9.47. The van der Waals surface area contributed by atoms with Gasteiger partial charge in [-0.15, -0.1) is 10.2 Å². The van der Waals surface area contributed by atoms with Crippen molar-refractivity contribution in [2.24, 2.45) is 0 Å². The summed E-state index contributed by atoms with van der Waals surface area (Å²) in [6.45, 7) is 4.04. The fourth-order valence-electron chi connectivity index (χ4n) is 3.54. The van der Waals surface area contributed by atoms with Gasteiger partial charge < -0.3 is 19.0 Å². The molecule has 8 nitrogen and oxygen atoms in total. The van der Waals surface area contributed by atoms with Crippen LogP contribution in [0, 0.1) is 0 Å². The van der Waals surface area contributed by atoms with Crippen molar-refractivity contribution in [3.63, 3.8) is 0 Å². The predicted octanol–water partition coefficient (Wildman–Crippen LogP) is 4.46. The summed E-state index contributed by atoms with van der Waals surface area (Å²) in [5.41, 5.74) is 2.24. The van der Waals surface area contributed by atoms with E-state index in [-0.39, 0.29) is 19.1 Å². The van der Waals surface area contributed by atoms with E-state index in [2.05, 4.69) is 15.5 Å². The highest BCUT2D eigenvalue weighted by Gasteiger charge is 2.19. The number of amides is 1. The molecular weight excluding hydrogens is 408 g/mol. The van der Waals surface area contributed by atoms with E-state index in [0.29, 0.717) is 35.1 Å². The number of carbonyl (C=O) groups is 2. The summed E-state index contributed by atoms with van der Waals surface area (Å²) in [6, 6.07) is 16.4. The highest BCUT2D eigenvalue weighted by Crippen LogP contribution is 2.28. The minimum absolute atomic E-state index is 0.00545. The zero-order valence-corrected chi connectivity index (χ0v) is 18.0. The molecule has 0 radical (unpaired) electrons. The fraction of sp³-hybridized carbons (Fsp3) is 0.250. The molecule has 0 fully saturated rings. The highest BCUT2D eigenvalue weighted by atomic mass is 16.5. The number of anilines is 1. The molecular formula is C24H24N4O4. The van der Waals surface area contributed by atoms with Crippen LogP contribution in [0.25, 0.3) is 22.5 Å². The van der Waals surface area contributed by atoms with E-state index in [0.717, 1.165) is 17.3 Å². The van der Waals surface area contributed by atoms with Crippen molar-refractivity contribution in [1.29, 1.82) is 0 Å². The number of nitrogens with one attached hydrogen (secondary N) is 1. The first-order chi connectivity index (χ1) is 15.6. The maximum Gasteiger partial charge on any atom is 0.340 e. The summed E-state index contributed by atoms with van der Waals surface area (Å²) in [6.07, 6.45) is 1.59. The lowest BCUT2D eigenvalue weighted by Crippen LogP contribution is -2.21. The van der Waals surface area contributed by atoms with Gasteiger partial charge in [0.15, 0.2) is 0 Å². The number of benzene rings is 2. The largest absolute Gasteiger partial charge is 0.462 e. The molecule has 1 N–H and O–H groups in total. The van der Waals surface area contributed by atoms with Crippen LogP contribution < -0.4 is 5.32 Å². The molecule has 0 saturated heterocycles. The summed E-state index contributed by atoms with van der Waals surface area (Å²) in [4.78, 5) is 25.2. The third-order valence-corrected chi connectivity index (χ3v) is 4.96. The third-order valence-electron chi connectivity index (χ3n) is 4.96. The number of ether oxygens (including phenoxy) is 1. The Morgan fingerprint density at radius 1 is 1.06 bits per heavy atom. The van der Waals surface area contributed by atoms with Gasteiger partial charge in [-0.25, -0.2) is 4.79 Å². The standard InChI is InChI=1S/C24H24N4O4/c1-3-9-22-26-27-23(32-22)20-14-16-10-5-8-13-19(16)28(20)15-21(29)25-18-12-7-6-11-17(18)24(30)31-4-2/h5-8,10-14H,3-4,9,15H2,1-2H3,(H,25,29). The molecule has 0 aliphatic rings. The van der Waals surface area contributed by atoms with Crippen LogP contribution in [0.5, 0.6) is 0 Å². The quantitative estimate of drug-likeness (QED) is 0.413. The average Bonchev–Trinajstić information content (AvgIpc) is 3.39. The molecule has 4 rings (SSSR count). The van der Waals surface area contributed by atoms with Crippen LogP contribution in [0.1, 0.15) is 36.5 Å². The number of hydrogen-bond donors (Lipinski definition) is 1. The summed E-state index contributed by atoms with van der Waals surface area (Å²) >= 11 is 0. The number of para-hydroxylation sites is 2. The molecule has 2 aromatic carbocycles. The van der Waals surface area contributed by atoms with Gasteiger partial charge in [0, 0.05) is 17.3 Å². The number of hydrogen-bond acceptors (Lipinski definition) is 6. The van der Waals surface area contributed by atoms with Crippen molar-refractivity contribution in [3.8, 4) is 11.6 Å². The minimum Gasteiger partial charge on any atom is -0.462 e. The van der Waals surface area contributed by atoms with E-state index >= 15 is 0 Å². The number of nitrogens with zero attached hydrogens (tertiary/aromatic N) is 3. The topological polar surface area (TPSA) is 99.2 Å². The molecule has 0 unspecified atom stereocenters. The smallest absolute Gasteiger partial charge is 0.340 e. The molecule has 4 aromatic rings. The van der Waals surface area contributed by atoms with Crippen molar-refractivity contribution in [2.75, 3.05) is 11.9 Å². The average molecular weight is 432 g/mol. The number of fused-ring (bicyclic) bond motifs is 1. The first-order valence-electron chi connectivity index (χ1n) is 10.6. The highest BCUT2D eigenvalue weighted by molar-refractivity contribution is 6.01. The molecule has 0 atom stereocenters. The molecule has 0 spiro atoms. The van der Waals surface area contributed by atoms with Crippen LogP contribution in [-0.2, 0) is 22.5 Å². The summed E-state index contributed by atoms with van der Waals surface area (Å²) in [5.74, 6) is 0.152. The first kappa shape index (κ1) is 21.3. The molecule has 8 heteroatoms. The number of rotatable bonds is 8. The molecule has 2 aromatic heterocycles. The van der Waals surface area contributed by atoms with Crippen molar-refractivity contribution >= 4 is 28.5 Å². The second-order valence-corrected chi connectivity index (χ2v) is 7.24. The Bertz CT molecular complexity index is 1260. The number of esters is 1. The van der Waals surface area contributed by atoms with Crippen molar-refractivity contribution in [2.45, 2.75) is 33.2 Å². The van der Waals surface area contributed by atoms with E-state index in [9.17, 15) is 9.59 Å². The number of aromatic nitrogens is 3. The monoisotopic (exact) mass is 432 g/mol. The van der Waals surface area contributed by atoms with Gasteiger partial charge in [0.1, 0.15) is 12.2 Å². The van der Waals surface area contributed by atoms with Crippen molar-refractivity contribution < 1.29 is 18.7 Å². The van der Waals surface area contributed by atoms with Crippen molar-refractivity contribution in [1.82, 2.24) is 14.8 Å². The summed E-state index contributed by atoms with van der Waals surface area (Å²) in [5, 5.41) is 12.1. The Kier molecular flexibility index (Phi) is 6.30. The van der Waals surface area contributed by atoms with E-state index in [1.165, 1.54) is 0 Å². The summed E-state index contributed by atoms with van der Waals surface area (Å²) in [7, 11) is 0. The molecule has 2 heterocycles. The van der Waals surface area contributed by atoms with Crippen LogP contribution in [0.15, 0.2) is 59.0 Å². The van der Waals surface area contributed by atoms with Gasteiger partial charge in [-0.2, -0.15) is 0 Å². The fourth-order valence-corrected chi connectivity index (χ4v) is 3.54. The van der Waals surface area contributed by atoms with Gasteiger partial charge in [-0.1, -0.05) is 37.3 Å². The molecule has 164 valence electrons. The van der Waals surface area contributed by atoms with Crippen LogP contribution in [-0.4, -0.2) is 33.2 Å². The summed E-state index contributed by atoms with van der Waals surface area (Å²) < 4.78 is 12.7. The molecule has 32 heavy (non-hydrogen) atoms. The van der Waals surface area contributed by atoms with Gasteiger partial charge in [0.25, 0.3) is 5.89 Å². The normalized spacial score (nSPS) is 10.9. The van der Waals surface area contributed by atoms with Crippen LogP contribution in [0.3, 0.4) is 0 Å². The van der Waals surface area contributed by atoms with E-state index in [1.54, 1.807) is 31.2 Å². The molecule has 0 bridgehead atoms. The lowest BCUT2D eigenvalue weighted by Gasteiger charge is -2.12. The zero-order chi connectivity index (χ0) is 22.5. The molecule has 0 aliphatic heterocycles. The Morgan fingerprint density at radius 2 is 1.84 bits per heavy atom. The van der Waals surface area contributed by atoms with Gasteiger partial charge in [0.05, 0.1) is 17.9 Å². The minimum atomic E-state index is -0.482. The first-order valence-corrected chi connectivity index (χ1v) is 10.6. The Balaban J connectivity index is 1.64. The van der Waals surface area contributed by atoms with Crippen LogP contribution >= 0.6 is 0 Å². The SMILES string of the molecule is CCCc1nnc(-c2cc3ccccc3n2CC(=O)Nc2ccccc2C(=O)OCC)o1. The van der Waals surface area contributed by atoms with Gasteiger partial charge in [-0.05, 0) is 37.6 Å². The predicted molar refractivity (Wildman–Crippen MR) is 120 cm³/mol. The molecule has 1 amide bonds. The Hall–Kier alpha value is -3.94. The van der Waals surface area contributed by atoms with Gasteiger partial charge >= 0.3 is 5.97 Å². The molecule has 0 saturated carbocycles. The Morgan fingerprint density at radius 3 is 2.66 bits per heavy atom. The lowest BCUT2D eigenvalue weighted by molar-refractivity contribution is -0.116. The van der Waals surface area contributed by atoms with Crippen LogP contribution in [0.2, 0.25) is 0 Å². The number of aryl methyl sites for hydroxylation is 1. The zero-order valence-electron chi connectivity index (χ0n) is 18.0. The maximum absolute atomic E-state index is 13.0. The lowest BCUT2D eigenvalue weighted by atomic mass is 10.2. The van der Waals surface area contributed by atoms with E-state index in [4.69, 9.17) is 9.15 Å². The maximum atomic E-state index is 13.0. The van der Waals surface area contributed by atoms with Crippen molar-refractivity contribution in [3.05, 3.63) is 66.1 Å².